The van der Waals surface area contributed by atoms with Crippen LogP contribution in [0.25, 0.3) is 0 Å². The smallest absolute Gasteiger partial charge is 0.271 e. The number of hydrogen-bond donors (Lipinski definition) is 1. The molecule has 3 heterocycles. The van der Waals surface area contributed by atoms with E-state index in [2.05, 4.69) is 20.4 Å². The van der Waals surface area contributed by atoms with Gasteiger partial charge in [-0.15, -0.1) is 0 Å². The van der Waals surface area contributed by atoms with Gasteiger partial charge >= 0.3 is 0 Å². The predicted octanol–water partition coefficient (Wildman–Crippen LogP) is -0.0169. The molecule has 0 radical (unpaired) electrons. The van der Waals surface area contributed by atoms with Gasteiger partial charge in [0.25, 0.3) is 11.5 Å². The summed E-state index contributed by atoms with van der Waals surface area (Å²) in [6.07, 6.45) is 0.926. The number of halogens is 1. The third-order valence-corrected chi connectivity index (χ3v) is 4.38. The summed E-state index contributed by atoms with van der Waals surface area (Å²) in [4.78, 5) is 35.9. The zero-order chi connectivity index (χ0) is 19.6. The van der Waals surface area contributed by atoms with E-state index < -0.39 is 12.1 Å². The van der Waals surface area contributed by atoms with Gasteiger partial charge < -0.3 is 15.1 Å². The SMILES string of the molecule is CN(C)c1nccc(N2C[C@@H](F)C[C@H]2CNC(=O)c2ccc(=O)n(C)n2)n1. The summed E-state index contributed by atoms with van der Waals surface area (Å²) in [7, 11) is 5.14. The van der Waals surface area contributed by atoms with Crippen LogP contribution in [0.3, 0.4) is 0 Å². The largest absolute Gasteiger partial charge is 0.349 e. The normalized spacial score (nSPS) is 19.2. The second-order valence-electron chi connectivity index (χ2n) is 6.64. The van der Waals surface area contributed by atoms with Crippen LogP contribution < -0.4 is 20.7 Å². The first-order valence-corrected chi connectivity index (χ1v) is 8.59. The summed E-state index contributed by atoms with van der Waals surface area (Å²) in [5.41, 5.74) is -0.162. The van der Waals surface area contributed by atoms with Gasteiger partial charge in [0, 0.05) is 46.4 Å². The number of carbonyl (C=O) groups is 1. The number of carbonyl (C=O) groups excluding carboxylic acids is 1. The van der Waals surface area contributed by atoms with E-state index >= 15 is 0 Å². The maximum Gasteiger partial charge on any atom is 0.271 e. The van der Waals surface area contributed by atoms with E-state index in [4.69, 9.17) is 0 Å². The standard InChI is InChI=1S/C17H22FN7O2/c1-23(2)17-19-7-6-14(21-17)25-10-11(18)8-12(25)9-20-16(27)13-4-5-15(26)24(3)22-13/h4-7,11-12H,8-10H2,1-3H3,(H,20,27)/t11-,12-/m0/s1. The second-order valence-corrected chi connectivity index (χ2v) is 6.64. The first-order valence-electron chi connectivity index (χ1n) is 8.59. The Bertz CT molecular complexity index is 886. The molecule has 1 aliphatic rings. The number of rotatable bonds is 5. The second kappa shape index (κ2) is 7.68. The van der Waals surface area contributed by atoms with Crippen LogP contribution in [0.2, 0.25) is 0 Å². The first-order chi connectivity index (χ1) is 12.8. The zero-order valence-corrected chi connectivity index (χ0v) is 15.5. The average molecular weight is 375 g/mol. The molecule has 1 saturated heterocycles. The minimum Gasteiger partial charge on any atom is -0.349 e. The van der Waals surface area contributed by atoms with Crippen molar-refractivity contribution < 1.29 is 9.18 Å². The minimum atomic E-state index is -1.000. The molecular formula is C17H22FN7O2. The highest BCUT2D eigenvalue weighted by molar-refractivity contribution is 5.92. The molecule has 10 heteroatoms. The van der Waals surface area contributed by atoms with Crippen LogP contribution in [0, 0.1) is 0 Å². The van der Waals surface area contributed by atoms with E-state index in [1.54, 1.807) is 17.2 Å². The Hall–Kier alpha value is -3.04. The number of alkyl halides is 1. The molecule has 0 unspecified atom stereocenters. The molecule has 1 fully saturated rings. The number of aryl methyl sites for hydroxylation is 1. The molecule has 0 aromatic carbocycles. The Labute approximate surface area is 155 Å². The molecule has 0 saturated carbocycles. The summed E-state index contributed by atoms with van der Waals surface area (Å²) < 4.78 is 15.1. The van der Waals surface area contributed by atoms with Crippen LogP contribution >= 0.6 is 0 Å². The number of hydrogen-bond acceptors (Lipinski definition) is 7. The maximum absolute atomic E-state index is 14.1. The predicted molar refractivity (Wildman–Crippen MR) is 98.8 cm³/mol. The van der Waals surface area contributed by atoms with Crippen molar-refractivity contribution in [3.63, 3.8) is 0 Å². The van der Waals surface area contributed by atoms with Crippen LogP contribution in [0.1, 0.15) is 16.9 Å². The van der Waals surface area contributed by atoms with E-state index in [1.165, 1.54) is 19.2 Å². The third kappa shape index (κ3) is 4.21. The Balaban J connectivity index is 1.71. The van der Waals surface area contributed by atoms with E-state index in [0.717, 1.165) is 4.68 Å². The Morgan fingerprint density at radius 1 is 1.37 bits per heavy atom. The van der Waals surface area contributed by atoms with Gasteiger partial charge in [0.1, 0.15) is 17.7 Å². The van der Waals surface area contributed by atoms with Gasteiger partial charge in [-0.2, -0.15) is 10.1 Å². The van der Waals surface area contributed by atoms with Crippen molar-refractivity contribution in [3.05, 3.63) is 40.4 Å². The third-order valence-electron chi connectivity index (χ3n) is 4.38. The van der Waals surface area contributed by atoms with Crippen molar-refractivity contribution in [2.75, 3.05) is 37.0 Å². The van der Waals surface area contributed by atoms with Crippen molar-refractivity contribution in [2.45, 2.75) is 18.6 Å². The van der Waals surface area contributed by atoms with Crippen molar-refractivity contribution >= 4 is 17.7 Å². The van der Waals surface area contributed by atoms with Gasteiger partial charge in [0.2, 0.25) is 5.95 Å². The maximum atomic E-state index is 14.1. The van der Waals surface area contributed by atoms with E-state index in [9.17, 15) is 14.0 Å². The van der Waals surface area contributed by atoms with E-state index in [1.807, 2.05) is 19.0 Å². The Morgan fingerprint density at radius 2 is 2.15 bits per heavy atom. The van der Waals surface area contributed by atoms with Crippen molar-refractivity contribution in [1.82, 2.24) is 25.1 Å². The van der Waals surface area contributed by atoms with Crippen LogP contribution in [0.5, 0.6) is 0 Å². The molecule has 1 amide bonds. The van der Waals surface area contributed by atoms with Gasteiger partial charge in [-0.05, 0) is 12.1 Å². The highest BCUT2D eigenvalue weighted by Gasteiger charge is 2.33. The molecule has 3 rings (SSSR count). The molecule has 2 aromatic heterocycles. The number of anilines is 2. The quantitative estimate of drug-likeness (QED) is 0.785. The lowest BCUT2D eigenvalue weighted by Crippen LogP contribution is -2.41. The lowest BCUT2D eigenvalue weighted by molar-refractivity contribution is 0.0943. The molecule has 144 valence electrons. The van der Waals surface area contributed by atoms with Gasteiger partial charge in [-0.25, -0.2) is 14.1 Å². The minimum absolute atomic E-state index is 0.135. The lowest BCUT2D eigenvalue weighted by atomic mass is 10.2. The molecule has 1 N–H and O–H groups in total. The molecule has 2 atom stereocenters. The number of nitrogens with one attached hydrogen (secondary N) is 1. The molecule has 1 aliphatic heterocycles. The summed E-state index contributed by atoms with van der Waals surface area (Å²) in [6.45, 7) is 0.452. The van der Waals surface area contributed by atoms with Gasteiger partial charge in [-0.3, -0.25) is 9.59 Å². The molecular weight excluding hydrogens is 353 g/mol. The Morgan fingerprint density at radius 3 is 2.85 bits per heavy atom. The summed E-state index contributed by atoms with van der Waals surface area (Å²) in [5, 5.41) is 6.69. The van der Waals surface area contributed by atoms with E-state index in [0.29, 0.717) is 18.2 Å². The van der Waals surface area contributed by atoms with Gasteiger partial charge in [-0.1, -0.05) is 0 Å². The van der Waals surface area contributed by atoms with Crippen LogP contribution in [-0.4, -0.2) is 65.1 Å². The molecule has 27 heavy (non-hydrogen) atoms. The highest BCUT2D eigenvalue weighted by atomic mass is 19.1. The fourth-order valence-electron chi connectivity index (χ4n) is 2.97. The number of amides is 1. The van der Waals surface area contributed by atoms with Gasteiger partial charge in [0.15, 0.2) is 0 Å². The number of nitrogens with zero attached hydrogens (tertiary/aromatic N) is 6. The van der Waals surface area contributed by atoms with Crippen molar-refractivity contribution in [2.24, 2.45) is 7.05 Å². The Kier molecular flexibility index (Phi) is 5.33. The molecule has 9 nitrogen and oxygen atoms in total. The molecule has 0 aliphatic carbocycles. The summed E-state index contributed by atoms with van der Waals surface area (Å²) in [5.74, 6) is 0.741. The zero-order valence-electron chi connectivity index (χ0n) is 15.5. The highest BCUT2D eigenvalue weighted by Crippen LogP contribution is 2.26. The van der Waals surface area contributed by atoms with E-state index in [-0.39, 0.29) is 30.4 Å². The lowest BCUT2D eigenvalue weighted by Gasteiger charge is -2.26. The van der Waals surface area contributed by atoms with Crippen molar-refractivity contribution in [1.29, 1.82) is 0 Å². The number of aromatic nitrogens is 4. The molecule has 0 spiro atoms. The summed E-state index contributed by atoms with van der Waals surface area (Å²) >= 11 is 0. The summed E-state index contributed by atoms with van der Waals surface area (Å²) in [6, 6.07) is 4.15. The van der Waals surface area contributed by atoms with Crippen molar-refractivity contribution in [3.8, 4) is 0 Å². The van der Waals surface area contributed by atoms with Crippen LogP contribution in [0.4, 0.5) is 16.2 Å². The van der Waals surface area contributed by atoms with Crippen LogP contribution in [-0.2, 0) is 7.05 Å². The monoisotopic (exact) mass is 375 g/mol. The molecule has 0 bridgehead atoms. The average Bonchev–Trinajstić information content (AvgIpc) is 3.02. The first kappa shape index (κ1) is 18.7. The fraction of sp³-hybridized carbons (Fsp3) is 0.471. The van der Waals surface area contributed by atoms with Gasteiger partial charge in [0.05, 0.1) is 12.6 Å². The fourth-order valence-corrected chi connectivity index (χ4v) is 2.97. The topological polar surface area (TPSA) is 96.2 Å². The van der Waals surface area contributed by atoms with Crippen LogP contribution in [0.15, 0.2) is 29.2 Å². The molecule has 2 aromatic rings.